The van der Waals surface area contributed by atoms with Crippen molar-refractivity contribution in [1.29, 1.82) is 0 Å². The molecule has 0 aromatic heterocycles. The standard InChI is InChI=1S/C18H21N/c1-3-14-18(15-19-2,16-10-6-4-7-11-16)17-12-8-5-9-13-17/h3-13,19H,1,14-15H2,2H3. The second-order valence-corrected chi connectivity index (χ2v) is 4.84. The van der Waals surface area contributed by atoms with Gasteiger partial charge in [0, 0.05) is 12.0 Å². The summed E-state index contributed by atoms with van der Waals surface area (Å²) < 4.78 is 0. The van der Waals surface area contributed by atoms with E-state index in [9.17, 15) is 0 Å². The van der Waals surface area contributed by atoms with Crippen LogP contribution in [0.25, 0.3) is 0 Å². The van der Waals surface area contributed by atoms with Crippen molar-refractivity contribution < 1.29 is 0 Å². The van der Waals surface area contributed by atoms with E-state index in [0.29, 0.717) is 0 Å². The smallest absolute Gasteiger partial charge is 0.0361 e. The van der Waals surface area contributed by atoms with Gasteiger partial charge in [-0.2, -0.15) is 0 Å². The number of rotatable bonds is 6. The van der Waals surface area contributed by atoms with Gasteiger partial charge < -0.3 is 5.32 Å². The summed E-state index contributed by atoms with van der Waals surface area (Å²) in [6.45, 7) is 4.85. The van der Waals surface area contributed by atoms with Crippen LogP contribution < -0.4 is 5.32 Å². The van der Waals surface area contributed by atoms with Crippen molar-refractivity contribution in [3.8, 4) is 0 Å². The van der Waals surface area contributed by atoms with Gasteiger partial charge in [0.2, 0.25) is 0 Å². The minimum Gasteiger partial charge on any atom is -0.319 e. The first-order chi connectivity index (χ1) is 9.33. The van der Waals surface area contributed by atoms with Crippen molar-refractivity contribution in [3.05, 3.63) is 84.4 Å². The lowest BCUT2D eigenvalue weighted by Gasteiger charge is -2.34. The van der Waals surface area contributed by atoms with Crippen molar-refractivity contribution in [1.82, 2.24) is 5.32 Å². The molecule has 0 unspecified atom stereocenters. The van der Waals surface area contributed by atoms with Crippen molar-refractivity contribution >= 4 is 0 Å². The summed E-state index contributed by atoms with van der Waals surface area (Å²) in [5.74, 6) is 0. The topological polar surface area (TPSA) is 12.0 Å². The van der Waals surface area contributed by atoms with Gasteiger partial charge in [0.25, 0.3) is 0 Å². The van der Waals surface area contributed by atoms with Gasteiger partial charge in [-0.05, 0) is 24.6 Å². The highest BCUT2D eigenvalue weighted by molar-refractivity contribution is 5.40. The maximum Gasteiger partial charge on any atom is 0.0361 e. The number of nitrogens with one attached hydrogen (secondary N) is 1. The predicted molar refractivity (Wildman–Crippen MR) is 82.4 cm³/mol. The van der Waals surface area contributed by atoms with Gasteiger partial charge in [0.05, 0.1) is 0 Å². The fourth-order valence-electron chi connectivity index (χ4n) is 2.74. The second kappa shape index (κ2) is 6.35. The minimum absolute atomic E-state index is 0.0426. The predicted octanol–water partition coefficient (Wildman–Crippen LogP) is 3.77. The van der Waals surface area contributed by atoms with Gasteiger partial charge in [-0.25, -0.2) is 0 Å². The zero-order valence-corrected chi connectivity index (χ0v) is 11.5. The molecule has 2 aromatic carbocycles. The Morgan fingerprint density at radius 2 is 1.42 bits per heavy atom. The van der Waals surface area contributed by atoms with Crippen LogP contribution in [0.5, 0.6) is 0 Å². The molecule has 1 nitrogen and oxygen atoms in total. The first-order valence-corrected chi connectivity index (χ1v) is 6.70. The molecular weight excluding hydrogens is 230 g/mol. The van der Waals surface area contributed by atoms with Gasteiger partial charge in [0.15, 0.2) is 0 Å². The molecule has 0 bridgehead atoms. The number of hydrogen-bond acceptors (Lipinski definition) is 1. The van der Waals surface area contributed by atoms with Crippen LogP contribution in [0, 0.1) is 0 Å². The lowest BCUT2D eigenvalue weighted by Crippen LogP contribution is -2.37. The maximum atomic E-state index is 3.95. The van der Waals surface area contributed by atoms with Gasteiger partial charge in [0.1, 0.15) is 0 Å². The molecule has 19 heavy (non-hydrogen) atoms. The Morgan fingerprint density at radius 1 is 0.947 bits per heavy atom. The number of benzene rings is 2. The molecule has 2 aromatic rings. The van der Waals surface area contributed by atoms with Crippen LogP contribution >= 0.6 is 0 Å². The third-order valence-corrected chi connectivity index (χ3v) is 3.62. The molecule has 0 saturated heterocycles. The number of allylic oxidation sites excluding steroid dienone is 1. The molecule has 0 heterocycles. The second-order valence-electron chi connectivity index (χ2n) is 4.84. The Kier molecular flexibility index (Phi) is 4.53. The van der Waals surface area contributed by atoms with Crippen LogP contribution in [0.15, 0.2) is 73.3 Å². The molecule has 0 radical (unpaired) electrons. The molecule has 0 aliphatic heterocycles. The van der Waals surface area contributed by atoms with Crippen molar-refractivity contribution in [2.45, 2.75) is 11.8 Å². The Hall–Kier alpha value is -1.86. The monoisotopic (exact) mass is 251 g/mol. The van der Waals surface area contributed by atoms with E-state index in [2.05, 4.69) is 72.6 Å². The number of likely N-dealkylation sites (N-methyl/N-ethyl adjacent to an activating group) is 1. The lowest BCUT2D eigenvalue weighted by atomic mass is 9.72. The quantitative estimate of drug-likeness (QED) is 0.771. The molecule has 2 rings (SSSR count). The zero-order valence-electron chi connectivity index (χ0n) is 11.5. The van der Waals surface area contributed by atoms with Gasteiger partial charge in [-0.1, -0.05) is 66.7 Å². The SMILES string of the molecule is C=CCC(CNC)(c1ccccc1)c1ccccc1. The molecule has 0 saturated carbocycles. The molecule has 0 spiro atoms. The molecule has 0 aliphatic carbocycles. The van der Waals surface area contributed by atoms with E-state index < -0.39 is 0 Å². The van der Waals surface area contributed by atoms with E-state index in [-0.39, 0.29) is 5.41 Å². The third kappa shape index (κ3) is 2.77. The summed E-state index contributed by atoms with van der Waals surface area (Å²) in [6.07, 6.45) is 2.93. The summed E-state index contributed by atoms with van der Waals surface area (Å²) >= 11 is 0. The van der Waals surface area contributed by atoms with Crippen LogP contribution in [0.3, 0.4) is 0 Å². The molecule has 1 heteroatoms. The van der Waals surface area contributed by atoms with Crippen LogP contribution in [0.2, 0.25) is 0 Å². The summed E-state index contributed by atoms with van der Waals surface area (Å²) in [5.41, 5.74) is 2.62. The van der Waals surface area contributed by atoms with E-state index in [1.165, 1.54) is 11.1 Å². The molecule has 0 amide bonds. The van der Waals surface area contributed by atoms with Crippen LogP contribution in [-0.4, -0.2) is 13.6 Å². The third-order valence-electron chi connectivity index (χ3n) is 3.62. The van der Waals surface area contributed by atoms with Crippen LogP contribution in [-0.2, 0) is 5.41 Å². The maximum absolute atomic E-state index is 3.95. The Labute approximate surface area is 116 Å². The molecule has 1 N–H and O–H groups in total. The summed E-state index contributed by atoms with van der Waals surface area (Å²) in [6, 6.07) is 21.3. The highest BCUT2D eigenvalue weighted by Crippen LogP contribution is 2.35. The summed E-state index contributed by atoms with van der Waals surface area (Å²) in [7, 11) is 2.00. The first-order valence-electron chi connectivity index (χ1n) is 6.70. The van der Waals surface area contributed by atoms with E-state index >= 15 is 0 Å². The number of hydrogen-bond donors (Lipinski definition) is 1. The van der Waals surface area contributed by atoms with Crippen LogP contribution in [0.4, 0.5) is 0 Å². The van der Waals surface area contributed by atoms with Crippen molar-refractivity contribution in [3.63, 3.8) is 0 Å². The minimum atomic E-state index is -0.0426. The summed E-state index contributed by atoms with van der Waals surface area (Å²) in [5, 5.41) is 3.34. The van der Waals surface area contributed by atoms with E-state index in [0.717, 1.165) is 13.0 Å². The average Bonchev–Trinajstić information content (AvgIpc) is 2.49. The largest absolute Gasteiger partial charge is 0.319 e. The molecule has 0 fully saturated rings. The van der Waals surface area contributed by atoms with Crippen LogP contribution in [0.1, 0.15) is 17.5 Å². The average molecular weight is 251 g/mol. The molecule has 0 atom stereocenters. The molecule has 98 valence electrons. The van der Waals surface area contributed by atoms with Gasteiger partial charge in [-0.15, -0.1) is 6.58 Å². The van der Waals surface area contributed by atoms with E-state index in [1.54, 1.807) is 0 Å². The Bertz CT molecular complexity index is 462. The van der Waals surface area contributed by atoms with Crippen molar-refractivity contribution in [2.24, 2.45) is 0 Å². The summed E-state index contributed by atoms with van der Waals surface area (Å²) in [4.78, 5) is 0. The fourth-order valence-corrected chi connectivity index (χ4v) is 2.74. The highest BCUT2D eigenvalue weighted by Gasteiger charge is 2.31. The molecule has 0 aliphatic rings. The fraction of sp³-hybridized carbons (Fsp3) is 0.222. The van der Waals surface area contributed by atoms with Gasteiger partial charge >= 0.3 is 0 Å². The zero-order chi connectivity index (χ0) is 13.6. The van der Waals surface area contributed by atoms with Crippen molar-refractivity contribution in [2.75, 3.05) is 13.6 Å². The normalized spacial score (nSPS) is 11.2. The highest BCUT2D eigenvalue weighted by atomic mass is 14.8. The van der Waals surface area contributed by atoms with Gasteiger partial charge in [-0.3, -0.25) is 0 Å². The van der Waals surface area contributed by atoms with E-state index in [4.69, 9.17) is 0 Å². The van der Waals surface area contributed by atoms with E-state index in [1.807, 2.05) is 13.1 Å². The first kappa shape index (κ1) is 13.6. The Morgan fingerprint density at radius 3 is 1.79 bits per heavy atom. The lowest BCUT2D eigenvalue weighted by molar-refractivity contribution is 0.491. The molecular formula is C18H21N. The Balaban J connectivity index is 2.57.